The largest absolute Gasteiger partial charge is 0.485 e. The van der Waals surface area contributed by atoms with Gasteiger partial charge in [-0.15, -0.1) is 0 Å². The lowest BCUT2D eigenvalue weighted by Gasteiger charge is -2.42. The molecule has 3 aromatic carbocycles. The second-order valence-electron chi connectivity index (χ2n) is 8.81. The van der Waals surface area contributed by atoms with Crippen molar-refractivity contribution in [3.05, 3.63) is 84.4 Å². The summed E-state index contributed by atoms with van der Waals surface area (Å²) in [5.74, 6) is 2.19. The van der Waals surface area contributed by atoms with Crippen LogP contribution in [0.25, 0.3) is 17.2 Å². The van der Waals surface area contributed by atoms with Gasteiger partial charge in [0, 0.05) is 31.5 Å². The molecule has 5 nitrogen and oxygen atoms in total. The van der Waals surface area contributed by atoms with E-state index in [1.165, 1.54) is 11.1 Å². The lowest BCUT2D eigenvalue weighted by atomic mass is 9.87. The molecule has 0 bridgehead atoms. The van der Waals surface area contributed by atoms with Gasteiger partial charge in [-0.1, -0.05) is 54.6 Å². The number of hydrogen-bond acceptors (Lipinski definition) is 4. The van der Waals surface area contributed by atoms with Crippen LogP contribution in [0.4, 0.5) is 0 Å². The molecule has 6 rings (SSSR count). The lowest BCUT2D eigenvalue weighted by molar-refractivity contribution is -0.143. The van der Waals surface area contributed by atoms with Gasteiger partial charge in [-0.2, -0.15) is 0 Å². The van der Waals surface area contributed by atoms with Crippen molar-refractivity contribution in [2.75, 3.05) is 19.7 Å². The van der Waals surface area contributed by atoms with E-state index in [4.69, 9.17) is 14.2 Å². The Morgan fingerprint density at radius 3 is 2.42 bits per heavy atom. The zero-order valence-corrected chi connectivity index (χ0v) is 18.3. The van der Waals surface area contributed by atoms with Crippen LogP contribution in [0.2, 0.25) is 0 Å². The molecule has 1 spiro atoms. The van der Waals surface area contributed by atoms with E-state index in [-0.39, 0.29) is 18.1 Å². The molecule has 3 aromatic rings. The molecule has 0 aromatic heterocycles. The van der Waals surface area contributed by atoms with Crippen molar-refractivity contribution >= 4 is 12.0 Å². The monoisotopic (exact) mass is 439 g/mol. The molecular weight excluding hydrogens is 414 g/mol. The maximum atomic E-state index is 13.1. The summed E-state index contributed by atoms with van der Waals surface area (Å²) < 4.78 is 18.1. The molecule has 3 aliphatic heterocycles. The van der Waals surface area contributed by atoms with Crippen molar-refractivity contribution in [2.24, 2.45) is 0 Å². The molecule has 33 heavy (non-hydrogen) atoms. The van der Waals surface area contributed by atoms with Gasteiger partial charge in [-0.3, -0.25) is 4.79 Å². The normalized spacial score (nSPS) is 20.1. The van der Waals surface area contributed by atoms with Crippen LogP contribution in [0.1, 0.15) is 18.4 Å². The summed E-state index contributed by atoms with van der Waals surface area (Å²) in [6, 6.07) is 24.2. The number of hydrogen-bond donors (Lipinski definition) is 0. The van der Waals surface area contributed by atoms with Crippen LogP contribution >= 0.6 is 0 Å². The number of carbonyl (C=O) groups excluding carboxylic acids is 1. The Bertz CT molecular complexity index is 1210. The molecule has 166 valence electrons. The van der Waals surface area contributed by atoms with Crippen molar-refractivity contribution in [1.82, 2.24) is 4.90 Å². The first kappa shape index (κ1) is 19.9. The Kier molecular flexibility index (Phi) is 4.83. The van der Waals surface area contributed by atoms with Crippen LogP contribution in [-0.2, 0) is 4.79 Å². The minimum Gasteiger partial charge on any atom is -0.485 e. The molecule has 1 amide bonds. The molecule has 0 aliphatic carbocycles. The highest BCUT2D eigenvalue weighted by Gasteiger charge is 2.40. The SMILES string of the molecule is O=C(C1COc2ccccc2O1)N1CCC2(C=Cc3cc(-c4ccccc4)ccc3O2)CC1. The van der Waals surface area contributed by atoms with Gasteiger partial charge >= 0.3 is 0 Å². The van der Waals surface area contributed by atoms with Crippen LogP contribution in [0.5, 0.6) is 17.2 Å². The molecule has 1 atom stereocenters. The number of amides is 1. The summed E-state index contributed by atoms with van der Waals surface area (Å²) in [5, 5.41) is 0. The van der Waals surface area contributed by atoms with Crippen LogP contribution in [0, 0.1) is 0 Å². The van der Waals surface area contributed by atoms with E-state index in [0.717, 1.165) is 24.2 Å². The van der Waals surface area contributed by atoms with Crippen molar-refractivity contribution in [1.29, 1.82) is 0 Å². The standard InChI is InChI=1S/C28H25NO4/c30-27(26-19-31-24-8-4-5-9-25(24)32-26)29-16-14-28(15-17-29)13-12-22-18-21(10-11-23(22)33-28)20-6-2-1-3-7-20/h1-13,18,26H,14-17,19H2. The highest BCUT2D eigenvalue weighted by molar-refractivity contribution is 5.82. The Morgan fingerprint density at radius 2 is 1.61 bits per heavy atom. The quantitative estimate of drug-likeness (QED) is 0.566. The number of benzene rings is 3. The molecule has 0 N–H and O–H groups in total. The van der Waals surface area contributed by atoms with Crippen molar-refractivity contribution in [3.8, 4) is 28.4 Å². The fourth-order valence-electron chi connectivity index (χ4n) is 4.80. The molecule has 1 saturated heterocycles. The third-order valence-electron chi connectivity index (χ3n) is 6.70. The third kappa shape index (κ3) is 3.74. The second-order valence-corrected chi connectivity index (χ2v) is 8.81. The number of ether oxygens (including phenoxy) is 3. The third-order valence-corrected chi connectivity index (χ3v) is 6.70. The van der Waals surface area contributed by atoms with Gasteiger partial charge in [-0.25, -0.2) is 0 Å². The predicted molar refractivity (Wildman–Crippen MR) is 126 cm³/mol. The maximum Gasteiger partial charge on any atom is 0.267 e. The van der Waals surface area contributed by atoms with E-state index in [1.807, 2.05) is 35.2 Å². The van der Waals surface area contributed by atoms with Gasteiger partial charge < -0.3 is 19.1 Å². The Morgan fingerprint density at radius 1 is 0.848 bits per heavy atom. The summed E-state index contributed by atoms with van der Waals surface area (Å²) in [4.78, 5) is 14.9. The Balaban J connectivity index is 1.12. The van der Waals surface area contributed by atoms with Gasteiger partial charge in [-0.05, 0) is 41.5 Å². The topological polar surface area (TPSA) is 48.0 Å². The number of rotatable bonds is 2. The average Bonchev–Trinajstić information content (AvgIpc) is 2.89. The van der Waals surface area contributed by atoms with Crippen molar-refractivity contribution in [3.63, 3.8) is 0 Å². The average molecular weight is 440 g/mol. The summed E-state index contributed by atoms with van der Waals surface area (Å²) in [7, 11) is 0. The molecule has 0 saturated carbocycles. The first-order chi connectivity index (χ1) is 16.2. The highest BCUT2D eigenvalue weighted by Crippen LogP contribution is 2.39. The van der Waals surface area contributed by atoms with Crippen LogP contribution in [-0.4, -0.2) is 42.2 Å². The van der Waals surface area contributed by atoms with E-state index in [0.29, 0.717) is 24.6 Å². The Hall–Kier alpha value is -3.73. The van der Waals surface area contributed by atoms with Gasteiger partial charge in [0.05, 0.1) is 0 Å². The van der Waals surface area contributed by atoms with Crippen LogP contribution < -0.4 is 14.2 Å². The zero-order valence-electron chi connectivity index (χ0n) is 18.3. The number of para-hydroxylation sites is 2. The summed E-state index contributed by atoms with van der Waals surface area (Å²) >= 11 is 0. The number of fused-ring (bicyclic) bond motifs is 2. The van der Waals surface area contributed by atoms with Gasteiger partial charge in [0.25, 0.3) is 5.91 Å². The first-order valence-electron chi connectivity index (χ1n) is 11.4. The summed E-state index contributed by atoms with van der Waals surface area (Å²) in [6.07, 6.45) is 5.23. The van der Waals surface area contributed by atoms with Gasteiger partial charge in [0.2, 0.25) is 6.10 Å². The van der Waals surface area contributed by atoms with E-state index in [2.05, 4.69) is 54.6 Å². The molecular formula is C28H25NO4. The Labute approximate surface area is 193 Å². The molecule has 3 heterocycles. The van der Waals surface area contributed by atoms with Crippen LogP contribution in [0.3, 0.4) is 0 Å². The summed E-state index contributed by atoms with van der Waals surface area (Å²) in [5.41, 5.74) is 3.09. The second kappa shape index (κ2) is 8.00. The number of carbonyl (C=O) groups is 1. The lowest BCUT2D eigenvalue weighted by Crippen LogP contribution is -2.53. The zero-order chi connectivity index (χ0) is 22.3. The molecule has 0 radical (unpaired) electrons. The highest BCUT2D eigenvalue weighted by atomic mass is 16.6. The maximum absolute atomic E-state index is 13.1. The van der Waals surface area contributed by atoms with E-state index in [1.54, 1.807) is 0 Å². The van der Waals surface area contributed by atoms with Gasteiger partial charge in [0.15, 0.2) is 11.5 Å². The van der Waals surface area contributed by atoms with Crippen LogP contribution in [0.15, 0.2) is 78.9 Å². The van der Waals surface area contributed by atoms with E-state index < -0.39 is 6.10 Å². The summed E-state index contributed by atoms with van der Waals surface area (Å²) in [6.45, 7) is 1.50. The fourth-order valence-corrected chi connectivity index (χ4v) is 4.80. The smallest absolute Gasteiger partial charge is 0.267 e. The number of piperidine rings is 1. The molecule has 1 fully saturated rings. The predicted octanol–water partition coefficient (Wildman–Crippen LogP) is 4.96. The van der Waals surface area contributed by atoms with E-state index in [9.17, 15) is 4.79 Å². The number of nitrogens with zero attached hydrogens (tertiary/aromatic N) is 1. The molecule has 1 unspecified atom stereocenters. The first-order valence-corrected chi connectivity index (χ1v) is 11.4. The van der Waals surface area contributed by atoms with Crippen molar-refractivity contribution < 1.29 is 19.0 Å². The number of likely N-dealkylation sites (tertiary alicyclic amines) is 1. The minimum atomic E-state index is -0.603. The minimum absolute atomic E-state index is 0.0213. The van der Waals surface area contributed by atoms with E-state index >= 15 is 0 Å². The fraction of sp³-hybridized carbons (Fsp3) is 0.250. The molecule has 3 aliphatic rings. The van der Waals surface area contributed by atoms with Crippen molar-refractivity contribution in [2.45, 2.75) is 24.5 Å². The molecule has 5 heteroatoms. The van der Waals surface area contributed by atoms with Gasteiger partial charge in [0.1, 0.15) is 18.0 Å².